The van der Waals surface area contributed by atoms with Crippen LogP contribution in [0.25, 0.3) is 0 Å². The van der Waals surface area contributed by atoms with Gasteiger partial charge in [0.15, 0.2) is 0 Å². The van der Waals surface area contributed by atoms with Crippen molar-refractivity contribution in [2.75, 3.05) is 26.2 Å². The third-order valence-electron chi connectivity index (χ3n) is 3.32. The molecule has 5 nitrogen and oxygen atoms in total. The van der Waals surface area contributed by atoms with Crippen LogP contribution in [-0.2, 0) is 0 Å². The molecule has 0 spiro atoms. The van der Waals surface area contributed by atoms with Crippen LogP contribution in [0.4, 0.5) is 18.0 Å². The Balaban J connectivity index is 2.30. The fourth-order valence-corrected chi connectivity index (χ4v) is 2.29. The summed E-state index contributed by atoms with van der Waals surface area (Å²) in [5.74, 6) is 0. The second-order valence-electron chi connectivity index (χ2n) is 5.07. The van der Waals surface area contributed by atoms with Crippen LogP contribution in [0.2, 0.25) is 0 Å². The Labute approximate surface area is 116 Å². The molecular formula is C12H22F3N3O2. The molecule has 1 fully saturated rings. The molecule has 2 atom stereocenters. The third-order valence-corrected chi connectivity index (χ3v) is 3.32. The van der Waals surface area contributed by atoms with E-state index in [0.29, 0.717) is 25.8 Å². The molecule has 0 radical (unpaired) electrons. The maximum absolute atomic E-state index is 12.2. The highest BCUT2D eigenvalue weighted by Crippen LogP contribution is 2.19. The van der Waals surface area contributed by atoms with Crippen molar-refractivity contribution in [3.8, 4) is 0 Å². The van der Waals surface area contributed by atoms with E-state index in [1.165, 1.54) is 4.90 Å². The van der Waals surface area contributed by atoms with E-state index >= 15 is 0 Å². The predicted molar refractivity (Wildman–Crippen MR) is 68.3 cm³/mol. The lowest BCUT2D eigenvalue weighted by Gasteiger charge is -2.20. The first-order valence-corrected chi connectivity index (χ1v) is 6.81. The van der Waals surface area contributed by atoms with Crippen molar-refractivity contribution < 1.29 is 23.1 Å². The quantitative estimate of drug-likeness (QED) is 0.687. The molecule has 1 heterocycles. The summed E-state index contributed by atoms with van der Waals surface area (Å²) < 4.78 is 36.7. The van der Waals surface area contributed by atoms with Gasteiger partial charge < -0.3 is 15.7 Å². The number of halogens is 3. The molecule has 0 aromatic heterocycles. The number of hydrogen-bond donors (Lipinski definition) is 3. The van der Waals surface area contributed by atoms with E-state index in [1.54, 1.807) is 0 Å². The van der Waals surface area contributed by atoms with E-state index in [0.717, 1.165) is 0 Å². The van der Waals surface area contributed by atoms with Crippen LogP contribution in [0.3, 0.4) is 0 Å². The maximum Gasteiger partial charge on any atom is 0.401 e. The van der Waals surface area contributed by atoms with E-state index in [-0.39, 0.29) is 31.3 Å². The first kappa shape index (κ1) is 17.0. The minimum absolute atomic E-state index is 0.0123. The first-order valence-electron chi connectivity index (χ1n) is 6.81. The highest BCUT2D eigenvalue weighted by molar-refractivity contribution is 5.74. The third kappa shape index (κ3) is 6.42. The Morgan fingerprint density at radius 1 is 1.50 bits per heavy atom. The van der Waals surface area contributed by atoms with Gasteiger partial charge in [0.05, 0.1) is 6.54 Å². The lowest BCUT2D eigenvalue weighted by molar-refractivity contribution is -0.143. The van der Waals surface area contributed by atoms with Crippen molar-refractivity contribution in [2.24, 2.45) is 0 Å². The van der Waals surface area contributed by atoms with Gasteiger partial charge in [-0.25, -0.2) is 4.79 Å². The molecule has 1 saturated heterocycles. The highest BCUT2D eigenvalue weighted by atomic mass is 19.4. The summed E-state index contributed by atoms with van der Waals surface area (Å²) in [6.07, 6.45) is -2.53. The van der Waals surface area contributed by atoms with Crippen molar-refractivity contribution in [3.05, 3.63) is 0 Å². The molecule has 1 aliphatic rings. The Morgan fingerprint density at radius 2 is 2.20 bits per heavy atom. The average molecular weight is 297 g/mol. The van der Waals surface area contributed by atoms with Gasteiger partial charge in [0, 0.05) is 31.8 Å². The van der Waals surface area contributed by atoms with Crippen LogP contribution in [-0.4, -0.2) is 60.5 Å². The number of aliphatic hydroxyl groups excluding tert-OH is 1. The second kappa shape index (κ2) is 7.68. The Hall–Kier alpha value is -1.02. The standard InChI is InChI=1S/C12H22F3N3O2/c1-2-9(4-6-19)16-11(20)17-10-3-5-18(7-10)8-12(13,14)15/h9-10,19H,2-8H2,1H3,(H2,16,17,20). The summed E-state index contributed by atoms with van der Waals surface area (Å²) in [5, 5.41) is 14.2. The van der Waals surface area contributed by atoms with Crippen molar-refractivity contribution in [2.45, 2.75) is 44.4 Å². The molecule has 3 N–H and O–H groups in total. The molecule has 8 heteroatoms. The SMILES string of the molecule is CCC(CCO)NC(=O)NC1CCN(CC(F)(F)F)C1. The van der Waals surface area contributed by atoms with Crippen LogP contribution in [0.5, 0.6) is 0 Å². The van der Waals surface area contributed by atoms with E-state index in [4.69, 9.17) is 5.11 Å². The van der Waals surface area contributed by atoms with Gasteiger partial charge in [-0.05, 0) is 19.3 Å². The molecule has 20 heavy (non-hydrogen) atoms. The van der Waals surface area contributed by atoms with Crippen molar-refractivity contribution in [1.82, 2.24) is 15.5 Å². The summed E-state index contributed by atoms with van der Waals surface area (Å²) in [6.45, 7) is 1.49. The Morgan fingerprint density at radius 3 is 2.75 bits per heavy atom. The molecule has 1 rings (SSSR count). The summed E-state index contributed by atoms with van der Waals surface area (Å²) in [4.78, 5) is 13.0. The zero-order valence-electron chi connectivity index (χ0n) is 11.5. The zero-order chi connectivity index (χ0) is 15.2. The maximum atomic E-state index is 12.2. The highest BCUT2D eigenvalue weighted by Gasteiger charge is 2.34. The average Bonchev–Trinajstić information content (AvgIpc) is 2.73. The van der Waals surface area contributed by atoms with E-state index < -0.39 is 12.7 Å². The fourth-order valence-electron chi connectivity index (χ4n) is 2.29. The number of urea groups is 1. The van der Waals surface area contributed by atoms with Gasteiger partial charge >= 0.3 is 12.2 Å². The number of carbonyl (C=O) groups is 1. The molecule has 0 aromatic carbocycles. The molecule has 2 amide bonds. The van der Waals surface area contributed by atoms with E-state index in [9.17, 15) is 18.0 Å². The second-order valence-corrected chi connectivity index (χ2v) is 5.07. The number of amides is 2. The van der Waals surface area contributed by atoms with Crippen LogP contribution in [0.1, 0.15) is 26.2 Å². The fraction of sp³-hybridized carbons (Fsp3) is 0.917. The predicted octanol–water partition coefficient (Wildman–Crippen LogP) is 1.08. The van der Waals surface area contributed by atoms with Gasteiger partial charge in [0.2, 0.25) is 0 Å². The lowest BCUT2D eigenvalue weighted by atomic mass is 10.1. The van der Waals surface area contributed by atoms with Crippen LogP contribution < -0.4 is 10.6 Å². The number of rotatable bonds is 6. The molecular weight excluding hydrogens is 275 g/mol. The number of nitrogens with zero attached hydrogens (tertiary/aromatic N) is 1. The van der Waals surface area contributed by atoms with Crippen LogP contribution >= 0.6 is 0 Å². The van der Waals surface area contributed by atoms with Gasteiger partial charge in [-0.15, -0.1) is 0 Å². The van der Waals surface area contributed by atoms with Gasteiger partial charge in [0.1, 0.15) is 0 Å². The molecule has 0 aromatic rings. The number of aliphatic hydroxyl groups is 1. The van der Waals surface area contributed by atoms with Gasteiger partial charge in [-0.3, -0.25) is 4.90 Å². The number of hydrogen-bond acceptors (Lipinski definition) is 3. The van der Waals surface area contributed by atoms with Crippen LogP contribution in [0.15, 0.2) is 0 Å². The minimum Gasteiger partial charge on any atom is -0.396 e. The lowest BCUT2D eigenvalue weighted by Crippen LogP contribution is -2.47. The summed E-state index contributed by atoms with van der Waals surface area (Å²) in [5.41, 5.74) is 0. The first-order chi connectivity index (χ1) is 9.34. The monoisotopic (exact) mass is 297 g/mol. The number of likely N-dealkylation sites (tertiary alicyclic amines) is 1. The molecule has 118 valence electrons. The number of alkyl halides is 3. The zero-order valence-corrected chi connectivity index (χ0v) is 11.5. The van der Waals surface area contributed by atoms with Crippen LogP contribution in [0, 0.1) is 0 Å². The van der Waals surface area contributed by atoms with Gasteiger partial charge in [0.25, 0.3) is 0 Å². The molecule has 1 aliphatic heterocycles. The van der Waals surface area contributed by atoms with Crippen molar-refractivity contribution >= 4 is 6.03 Å². The smallest absolute Gasteiger partial charge is 0.396 e. The van der Waals surface area contributed by atoms with Crippen molar-refractivity contribution in [1.29, 1.82) is 0 Å². The Kier molecular flexibility index (Phi) is 6.54. The summed E-state index contributed by atoms with van der Waals surface area (Å²) >= 11 is 0. The Bertz CT molecular complexity index is 313. The number of nitrogens with one attached hydrogen (secondary N) is 2. The van der Waals surface area contributed by atoms with Gasteiger partial charge in [-0.2, -0.15) is 13.2 Å². The summed E-state index contributed by atoms with van der Waals surface area (Å²) in [7, 11) is 0. The topological polar surface area (TPSA) is 64.6 Å². The molecule has 2 unspecified atom stereocenters. The largest absolute Gasteiger partial charge is 0.401 e. The number of carbonyl (C=O) groups excluding carboxylic acids is 1. The van der Waals surface area contributed by atoms with Gasteiger partial charge in [-0.1, -0.05) is 6.92 Å². The van der Waals surface area contributed by atoms with Crippen molar-refractivity contribution in [3.63, 3.8) is 0 Å². The summed E-state index contributed by atoms with van der Waals surface area (Å²) in [6, 6.07) is -0.763. The molecule has 0 saturated carbocycles. The van der Waals surface area contributed by atoms with E-state index in [2.05, 4.69) is 10.6 Å². The van der Waals surface area contributed by atoms with E-state index in [1.807, 2.05) is 6.92 Å². The normalized spacial score (nSPS) is 21.8. The minimum atomic E-state index is -4.20. The molecule has 0 aliphatic carbocycles. The molecule has 0 bridgehead atoms.